The number of likely N-dealkylation sites (N-methyl/N-ethyl adjacent to an activating group) is 1. The molecular weight excluding hydrogens is 352 g/mol. The second-order valence-electron chi connectivity index (χ2n) is 7.23. The fourth-order valence-corrected chi connectivity index (χ4v) is 3.91. The average molecular weight is 380 g/mol. The van der Waals surface area contributed by atoms with Crippen LogP contribution in [0.1, 0.15) is 23.1 Å². The zero-order valence-electron chi connectivity index (χ0n) is 16.2. The van der Waals surface area contributed by atoms with Gasteiger partial charge in [0.2, 0.25) is 11.8 Å². The highest BCUT2D eigenvalue weighted by atomic mass is 16.2. The third-order valence-electron chi connectivity index (χ3n) is 5.36. The van der Waals surface area contributed by atoms with E-state index in [0.29, 0.717) is 18.4 Å². The first-order valence-electron chi connectivity index (χ1n) is 9.65. The second-order valence-corrected chi connectivity index (χ2v) is 7.23. The maximum absolute atomic E-state index is 12.7. The summed E-state index contributed by atoms with van der Waals surface area (Å²) in [6.45, 7) is 2.40. The summed E-state index contributed by atoms with van der Waals surface area (Å²) >= 11 is 0. The number of nitrogens with two attached hydrogens (primary N) is 1. The van der Waals surface area contributed by atoms with Gasteiger partial charge in [0.25, 0.3) is 0 Å². The molecule has 1 aliphatic heterocycles. The number of amides is 2. The lowest BCUT2D eigenvalue weighted by Crippen LogP contribution is -2.43. The Morgan fingerprint density at radius 3 is 2.32 bits per heavy atom. The number of benzene rings is 2. The summed E-state index contributed by atoms with van der Waals surface area (Å²) in [5, 5.41) is 5.50. The van der Waals surface area contributed by atoms with Crippen LogP contribution in [0, 0.1) is 5.92 Å². The van der Waals surface area contributed by atoms with Crippen molar-refractivity contribution in [2.75, 3.05) is 33.2 Å². The Morgan fingerprint density at radius 2 is 1.71 bits per heavy atom. The van der Waals surface area contributed by atoms with E-state index in [1.54, 1.807) is 7.05 Å². The Balaban J connectivity index is 1.64. The first kappa shape index (κ1) is 20.0. The second kappa shape index (κ2) is 9.48. The molecule has 0 radical (unpaired) electrons. The van der Waals surface area contributed by atoms with Crippen molar-refractivity contribution in [3.05, 3.63) is 71.8 Å². The summed E-state index contributed by atoms with van der Waals surface area (Å²) in [4.78, 5) is 27.1. The van der Waals surface area contributed by atoms with E-state index in [1.807, 2.05) is 48.5 Å². The van der Waals surface area contributed by atoms with Crippen LogP contribution >= 0.6 is 0 Å². The third-order valence-corrected chi connectivity index (χ3v) is 5.36. The Bertz CT molecular complexity index is 782. The molecule has 0 bridgehead atoms. The monoisotopic (exact) mass is 380 g/mol. The average Bonchev–Trinajstić information content (AvgIpc) is 3.15. The van der Waals surface area contributed by atoms with Crippen molar-refractivity contribution >= 4 is 11.8 Å². The largest absolute Gasteiger partial charge is 0.357 e. The molecule has 1 unspecified atom stereocenters. The van der Waals surface area contributed by atoms with Crippen LogP contribution in [-0.4, -0.2) is 49.9 Å². The molecule has 3 atom stereocenters. The lowest BCUT2D eigenvalue weighted by atomic mass is 9.89. The van der Waals surface area contributed by atoms with Gasteiger partial charge in [0.1, 0.15) is 6.04 Å². The van der Waals surface area contributed by atoms with Crippen molar-refractivity contribution in [1.29, 1.82) is 0 Å². The molecule has 0 spiro atoms. The number of likely N-dealkylation sites (tertiary alicyclic amines) is 1. The van der Waals surface area contributed by atoms with Crippen molar-refractivity contribution in [1.82, 2.24) is 15.5 Å². The third kappa shape index (κ3) is 4.77. The molecule has 1 saturated heterocycles. The molecule has 6 nitrogen and oxygen atoms in total. The molecule has 6 heteroatoms. The molecule has 2 amide bonds. The molecule has 2 aromatic rings. The first-order valence-corrected chi connectivity index (χ1v) is 9.65. The van der Waals surface area contributed by atoms with E-state index in [-0.39, 0.29) is 18.4 Å². The predicted octanol–water partition coefficient (Wildman–Crippen LogP) is 1.26. The minimum Gasteiger partial charge on any atom is -0.357 e. The van der Waals surface area contributed by atoms with Gasteiger partial charge in [0.15, 0.2) is 0 Å². The molecule has 1 aliphatic rings. The van der Waals surface area contributed by atoms with E-state index in [1.165, 1.54) is 5.56 Å². The fourth-order valence-electron chi connectivity index (χ4n) is 3.91. The summed E-state index contributed by atoms with van der Waals surface area (Å²) in [7, 11) is 1.57. The van der Waals surface area contributed by atoms with Gasteiger partial charge in [-0.1, -0.05) is 60.7 Å². The molecule has 0 aromatic heterocycles. The van der Waals surface area contributed by atoms with Gasteiger partial charge in [-0.2, -0.15) is 0 Å². The molecule has 0 aliphatic carbocycles. The van der Waals surface area contributed by atoms with E-state index in [9.17, 15) is 9.59 Å². The van der Waals surface area contributed by atoms with Gasteiger partial charge in [0, 0.05) is 26.1 Å². The smallest absolute Gasteiger partial charge is 0.246 e. The fraction of sp³-hybridized carbons (Fsp3) is 0.364. The normalized spacial score (nSPS) is 20.5. The molecule has 3 rings (SSSR count). The van der Waals surface area contributed by atoms with E-state index in [0.717, 1.165) is 18.7 Å². The van der Waals surface area contributed by atoms with E-state index in [4.69, 9.17) is 5.73 Å². The van der Waals surface area contributed by atoms with Gasteiger partial charge in [-0.3, -0.25) is 14.5 Å². The number of carbonyl (C=O) groups is 2. The van der Waals surface area contributed by atoms with Crippen molar-refractivity contribution in [2.45, 2.75) is 12.0 Å². The summed E-state index contributed by atoms with van der Waals surface area (Å²) in [5.74, 6) is 0.242. The predicted molar refractivity (Wildman–Crippen MR) is 110 cm³/mol. The number of hydrogen-bond acceptors (Lipinski definition) is 4. The molecule has 2 aromatic carbocycles. The molecule has 1 fully saturated rings. The zero-order chi connectivity index (χ0) is 19.9. The number of carbonyl (C=O) groups excluding carboxylic acids is 2. The lowest BCUT2D eigenvalue weighted by molar-refractivity contribution is -0.129. The molecule has 0 saturated carbocycles. The highest BCUT2D eigenvalue weighted by Gasteiger charge is 2.34. The van der Waals surface area contributed by atoms with Gasteiger partial charge < -0.3 is 16.4 Å². The Hall–Kier alpha value is -2.70. The Morgan fingerprint density at radius 1 is 1.07 bits per heavy atom. The molecule has 1 heterocycles. The Kier molecular flexibility index (Phi) is 6.79. The van der Waals surface area contributed by atoms with E-state index in [2.05, 4.69) is 27.7 Å². The van der Waals surface area contributed by atoms with Gasteiger partial charge in [-0.25, -0.2) is 0 Å². The first-order chi connectivity index (χ1) is 13.6. The number of rotatable bonds is 7. The van der Waals surface area contributed by atoms with Crippen LogP contribution in [0.3, 0.4) is 0 Å². The van der Waals surface area contributed by atoms with Crippen molar-refractivity contribution in [3.63, 3.8) is 0 Å². The number of hydrogen-bond donors (Lipinski definition) is 3. The summed E-state index contributed by atoms with van der Waals surface area (Å²) in [6, 6.07) is 18.9. The molecule has 28 heavy (non-hydrogen) atoms. The van der Waals surface area contributed by atoms with Gasteiger partial charge in [0.05, 0.1) is 6.54 Å². The standard InChI is InChI=1S/C22H28N4O2/c1-24-22(28)21(17-10-6-3-7-11-17)25-20(27)15-26-13-18(12-23)19(14-26)16-8-4-2-5-9-16/h2-11,18-19,21H,12-15,23H2,1H3,(H,24,28)(H,25,27)/t18-,19+,21?/m1/s1. The van der Waals surface area contributed by atoms with Crippen LogP contribution in [0.5, 0.6) is 0 Å². The van der Waals surface area contributed by atoms with Crippen LogP contribution < -0.4 is 16.4 Å². The summed E-state index contributed by atoms with van der Waals surface area (Å²) in [5.41, 5.74) is 8.01. The minimum absolute atomic E-state index is 0.165. The van der Waals surface area contributed by atoms with Crippen molar-refractivity contribution < 1.29 is 9.59 Å². The van der Waals surface area contributed by atoms with Gasteiger partial charge >= 0.3 is 0 Å². The van der Waals surface area contributed by atoms with Gasteiger partial charge in [-0.05, 0) is 23.6 Å². The summed E-state index contributed by atoms with van der Waals surface area (Å²) < 4.78 is 0. The topological polar surface area (TPSA) is 87.5 Å². The van der Waals surface area contributed by atoms with Crippen LogP contribution in [0.25, 0.3) is 0 Å². The van der Waals surface area contributed by atoms with Crippen molar-refractivity contribution in [2.24, 2.45) is 11.7 Å². The minimum atomic E-state index is -0.698. The lowest BCUT2D eigenvalue weighted by Gasteiger charge is -2.20. The van der Waals surface area contributed by atoms with Crippen LogP contribution in [0.2, 0.25) is 0 Å². The maximum Gasteiger partial charge on any atom is 0.246 e. The van der Waals surface area contributed by atoms with Crippen molar-refractivity contribution in [3.8, 4) is 0 Å². The number of nitrogens with one attached hydrogen (secondary N) is 2. The van der Waals surface area contributed by atoms with Gasteiger partial charge in [-0.15, -0.1) is 0 Å². The molecule has 148 valence electrons. The molecular formula is C22H28N4O2. The highest BCUT2D eigenvalue weighted by molar-refractivity contribution is 5.89. The van der Waals surface area contributed by atoms with Crippen LogP contribution in [0.15, 0.2) is 60.7 Å². The van der Waals surface area contributed by atoms with E-state index < -0.39 is 6.04 Å². The summed E-state index contributed by atoms with van der Waals surface area (Å²) in [6.07, 6.45) is 0. The highest BCUT2D eigenvalue weighted by Crippen LogP contribution is 2.31. The zero-order valence-corrected chi connectivity index (χ0v) is 16.2. The maximum atomic E-state index is 12.7. The SMILES string of the molecule is CNC(=O)C(NC(=O)CN1C[C@@H](CN)[C@H](c2ccccc2)C1)c1ccccc1. The van der Waals surface area contributed by atoms with E-state index >= 15 is 0 Å². The van der Waals surface area contributed by atoms with Crippen LogP contribution in [-0.2, 0) is 9.59 Å². The quantitative estimate of drug-likeness (QED) is 0.675. The molecule has 4 N–H and O–H groups in total. The Labute approximate surface area is 166 Å². The van der Waals surface area contributed by atoms with Crippen LogP contribution in [0.4, 0.5) is 0 Å². The number of nitrogens with zero attached hydrogens (tertiary/aromatic N) is 1.